The van der Waals surface area contributed by atoms with Gasteiger partial charge in [0.2, 0.25) is 0 Å². The number of morpholine rings is 1. The molecule has 1 fully saturated rings. The van der Waals surface area contributed by atoms with E-state index in [1.807, 2.05) is 11.6 Å². The number of hydrogen-bond donors (Lipinski definition) is 0. The second-order valence-corrected chi connectivity index (χ2v) is 2.87. The predicted octanol–water partition coefficient (Wildman–Crippen LogP) is 0.0238. The smallest absolute Gasteiger partial charge is 0.320 e. The largest absolute Gasteiger partial charge is 0.463 e. The second kappa shape index (κ2) is 2.63. The molecular weight excluding hydrogens is 137 g/mol. The Hall–Kier alpha value is -0.140. The molecular formula is C5H10NO2P. The van der Waals surface area contributed by atoms with E-state index in [9.17, 15) is 4.79 Å². The summed E-state index contributed by atoms with van der Waals surface area (Å²) in [5.74, 6) is -0.136. The number of carbonyl (C=O) groups is 1. The summed E-state index contributed by atoms with van der Waals surface area (Å²) in [6.45, 7) is 2.92. The number of carbonyl (C=O) groups excluding carboxylic acids is 1. The minimum absolute atomic E-state index is 0.136. The zero-order valence-corrected chi connectivity index (χ0v) is 6.49. The molecule has 0 aliphatic carbocycles. The van der Waals surface area contributed by atoms with Crippen LogP contribution < -0.4 is 0 Å². The van der Waals surface area contributed by atoms with Gasteiger partial charge in [-0.25, -0.2) is 0 Å². The summed E-state index contributed by atoms with van der Waals surface area (Å²) in [5.41, 5.74) is 0. The maximum Gasteiger partial charge on any atom is 0.320 e. The first-order chi connectivity index (χ1) is 4.20. The van der Waals surface area contributed by atoms with Crippen LogP contribution in [0.25, 0.3) is 0 Å². The van der Waals surface area contributed by atoms with Gasteiger partial charge in [0, 0.05) is 6.04 Å². The minimum atomic E-state index is -0.136. The van der Waals surface area contributed by atoms with Crippen LogP contribution >= 0.6 is 9.39 Å². The van der Waals surface area contributed by atoms with Gasteiger partial charge in [-0.3, -0.25) is 9.46 Å². The molecule has 9 heavy (non-hydrogen) atoms. The molecule has 0 spiro atoms. The van der Waals surface area contributed by atoms with Gasteiger partial charge in [0.1, 0.15) is 13.2 Å². The first-order valence-corrected chi connectivity index (χ1v) is 3.39. The van der Waals surface area contributed by atoms with E-state index < -0.39 is 0 Å². The highest BCUT2D eigenvalue weighted by molar-refractivity contribution is 7.13. The molecule has 0 radical (unpaired) electrons. The van der Waals surface area contributed by atoms with E-state index in [2.05, 4.69) is 9.39 Å². The first kappa shape index (κ1) is 6.97. The van der Waals surface area contributed by atoms with Crippen molar-refractivity contribution in [3.63, 3.8) is 0 Å². The summed E-state index contributed by atoms with van der Waals surface area (Å²) in [4.78, 5) is 10.5. The molecule has 0 amide bonds. The molecule has 3 nitrogen and oxygen atoms in total. The normalized spacial score (nSPS) is 30.0. The molecule has 1 unspecified atom stereocenters. The van der Waals surface area contributed by atoms with Gasteiger partial charge >= 0.3 is 5.97 Å². The van der Waals surface area contributed by atoms with Crippen LogP contribution in [0.2, 0.25) is 0 Å². The van der Waals surface area contributed by atoms with E-state index in [0.717, 1.165) is 0 Å². The minimum Gasteiger partial charge on any atom is -0.463 e. The van der Waals surface area contributed by atoms with Gasteiger partial charge < -0.3 is 4.74 Å². The monoisotopic (exact) mass is 147 g/mol. The maximum absolute atomic E-state index is 10.5. The van der Waals surface area contributed by atoms with E-state index in [-0.39, 0.29) is 5.97 Å². The van der Waals surface area contributed by atoms with E-state index in [0.29, 0.717) is 19.2 Å². The maximum atomic E-state index is 10.5. The zero-order valence-electron chi connectivity index (χ0n) is 5.33. The molecule has 0 aromatic carbocycles. The van der Waals surface area contributed by atoms with Crippen LogP contribution in [0.1, 0.15) is 6.92 Å². The fourth-order valence-corrected chi connectivity index (χ4v) is 0.895. The van der Waals surface area contributed by atoms with Crippen molar-refractivity contribution >= 4 is 15.4 Å². The van der Waals surface area contributed by atoms with Crippen molar-refractivity contribution in [2.45, 2.75) is 13.0 Å². The average Bonchev–Trinajstić information content (AvgIpc) is 1.80. The lowest BCUT2D eigenvalue weighted by atomic mass is 10.3. The third kappa shape index (κ3) is 1.63. The van der Waals surface area contributed by atoms with Crippen molar-refractivity contribution < 1.29 is 9.53 Å². The quantitative estimate of drug-likeness (QED) is 0.357. The lowest BCUT2D eigenvalue weighted by molar-refractivity contribution is -0.150. The molecule has 52 valence electrons. The summed E-state index contributed by atoms with van der Waals surface area (Å²) >= 11 is 0. The third-order valence-corrected chi connectivity index (χ3v) is 2.05. The Morgan fingerprint density at radius 3 is 3.00 bits per heavy atom. The Kier molecular flexibility index (Phi) is 2.04. The van der Waals surface area contributed by atoms with E-state index in [1.54, 1.807) is 0 Å². The molecule has 0 saturated carbocycles. The Morgan fingerprint density at radius 2 is 2.56 bits per heavy atom. The fraction of sp³-hybridized carbons (Fsp3) is 0.800. The Morgan fingerprint density at radius 1 is 1.89 bits per heavy atom. The number of ether oxygens (including phenoxy) is 1. The van der Waals surface area contributed by atoms with Crippen LogP contribution in [0.3, 0.4) is 0 Å². The number of hydrogen-bond acceptors (Lipinski definition) is 3. The molecule has 1 heterocycles. The highest BCUT2D eigenvalue weighted by atomic mass is 31.0. The molecule has 0 bridgehead atoms. The third-order valence-electron chi connectivity index (χ3n) is 1.36. The molecule has 4 heteroatoms. The van der Waals surface area contributed by atoms with Crippen LogP contribution in [0, 0.1) is 0 Å². The second-order valence-electron chi connectivity index (χ2n) is 2.20. The summed E-state index contributed by atoms with van der Waals surface area (Å²) in [6, 6.07) is 0.340. The van der Waals surface area contributed by atoms with E-state index in [1.165, 1.54) is 0 Å². The number of nitrogens with zero attached hydrogens (tertiary/aromatic N) is 1. The predicted molar refractivity (Wildman–Crippen MR) is 36.8 cm³/mol. The van der Waals surface area contributed by atoms with Crippen molar-refractivity contribution in [2.24, 2.45) is 0 Å². The molecule has 0 aromatic rings. The molecule has 1 aliphatic rings. The van der Waals surface area contributed by atoms with Gasteiger partial charge in [-0.2, -0.15) is 0 Å². The summed E-state index contributed by atoms with van der Waals surface area (Å²) < 4.78 is 6.66. The van der Waals surface area contributed by atoms with E-state index in [4.69, 9.17) is 4.74 Å². The Balaban J connectivity index is 2.44. The lowest BCUT2D eigenvalue weighted by Gasteiger charge is -2.27. The topological polar surface area (TPSA) is 29.5 Å². The highest BCUT2D eigenvalue weighted by Gasteiger charge is 2.20. The van der Waals surface area contributed by atoms with Crippen molar-refractivity contribution in [3.8, 4) is 0 Å². The van der Waals surface area contributed by atoms with Gasteiger partial charge in [-0.1, -0.05) is 9.39 Å². The van der Waals surface area contributed by atoms with Gasteiger partial charge in [0.25, 0.3) is 0 Å². The SMILES string of the molecule is C[C@H]1COC(=O)CN1P. The average molecular weight is 147 g/mol. The molecule has 1 saturated heterocycles. The zero-order chi connectivity index (χ0) is 6.85. The molecule has 0 aromatic heterocycles. The summed E-state index contributed by atoms with van der Waals surface area (Å²) in [6.07, 6.45) is 0. The molecule has 1 rings (SSSR count). The van der Waals surface area contributed by atoms with Gasteiger partial charge in [0.15, 0.2) is 0 Å². The number of esters is 1. The molecule has 0 N–H and O–H groups in total. The van der Waals surface area contributed by atoms with Gasteiger partial charge in [0.05, 0.1) is 0 Å². The van der Waals surface area contributed by atoms with E-state index >= 15 is 0 Å². The standard InChI is InChI=1S/C5H10NO2P/c1-4-3-8-5(7)2-6(4)9/h4H,2-3,9H2,1H3/t4-/m0/s1. The van der Waals surface area contributed by atoms with Crippen LogP contribution in [-0.2, 0) is 9.53 Å². The van der Waals surface area contributed by atoms with Gasteiger partial charge in [-0.15, -0.1) is 0 Å². The summed E-state index contributed by atoms with van der Waals surface area (Å²) in [5, 5.41) is 0. The van der Waals surface area contributed by atoms with Crippen molar-refractivity contribution in [1.29, 1.82) is 0 Å². The highest BCUT2D eigenvalue weighted by Crippen LogP contribution is 2.10. The number of rotatable bonds is 0. The van der Waals surface area contributed by atoms with Crippen LogP contribution in [-0.4, -0.2) is 29.8 Å². The van der Waals surface area contributed by atoms with Gasteiger partial charge in [-0.05, 0) is 6.92 Å². The van der Waals surface area contributed by atoms with Crippen LogP contribution in [0.15, 0.2) is 0 Å². The molecule has 1 aliphatic heterocycles. The van der Waals surface area contributed by atoms with Crippen LogP contribution in [0.5, 0.6) is 0 Å². The van der Waals surface area contributed by atoms with Crippen molar-refractivity contribution in [2.75, 3.05) is 13.2 Å². The van der Waals surface area contributed by atoms with Crippen molar-refractivity contribution in [3.05, 3.63) is 0 Å². The molecule has 2 atom stereocenters. The summed E-state index contributed by atoms with van der Waals surface area (Å²) in [7, 11) is 2.50. The number of cyclic esters (lactones) is 1. The first-order valence-electron chi connectivity index (χ1n) is 2.87. The lowest BCUT2D eigenvalue weighted by Crippen LogP contribution is -2.39. The fourth-order valence-electron chi connectivity index (χ4n) is 0.660. The Labute approximate surface area is 56.6 Å². The Bertz CT molecular complexity index is 128. The van der Waals surface area contributed by atoms with Crippen molar-refractivity contribution in [1.82, 2.24) is 4.67 Å². The van der Waals surface area contributed by atoms with Crippen LogP contribution in [0.4, 0.5) is 0 Å².